The fourth-order valence-electron chi connectivity index (χ4n) is 1.26. The van der Waals surface area contributed by atoms with Crippen molar-refractivity contribution in [3.05, 3.63) is 35.7 Å². The van der Waals surface area contributed by atoms with Crippen LogP contribution < -0.4 is 5.32 Å². The lowest BCUT2D eigenvalue weighted by molar-refractivity contribution is 0.311. The number of nitrogens with zero attached hydrogens (tertiary/aromatic N) is 1. The fraction of sp³-hybridized carbons (Fsp3) is 0.182. The molecule has 86 valence electrons. The molecule has 1 aromatic heterocycles. The third-order valence-electron chi connectivity index (χ3n) is 1.96. The molecular formula is C11H13ClN2OS. The van der Waals surface area contributed by atoms with Gasteiger partial charge in [-0.3, -0.25) is 0 Å². The quantitative estimate of drug-likeness (QED) is 0.884. The molecule has 0 aliphatic carbocycles. The van der Waals surface area contributed by atoms with E-state index >= 15 is 0 Å². The van der Waals surface area contributed by atoms with Gasteiger partial charge in [-0.1, -0.05) is 30.3 Å². The molecule has 16 heavy (non-hydrogen) atoms. The summed E-state index contributed by atoms with van der Waals surface area (Å²) < 4.78 is 0. The lowest BCUT2D eigenvalue weighted by Crippen LogP contribution is -2.04. The average Bonchev–Trinajstić information content (AvgIpc) is 2.76. The van der Waals surface area contributed by atoms with Crippen molar-refractivity contribution in [2.75, 3.05) is 18.5 Å². The van der Waals surface area contributed by atoms with Crippen molar-refractivity contribution in [3.8, 4) is 11.3 Å². The van der Waals surface area contributed by atoms with Gasteiger partial charge in [-0.15, -0.1) is 23.7 Å². The second kappa shape index (κ2) is 6.48. The molecule has 0 spiro atoms. The van der Waals surface area contributed by atoms with Crippen molar-refractivity contribution in [1.82, 2.24) is 4.98 Å². The number of halogens is 1. The van der Waals surface area contributed by atoms with Crippen LogP contribution in [0.15, 0.2) is 35.7 Å². The maximum Gasteiger partial charge on any atom is 0.183 e. The number of hydrogen-bond acceptors (Lipinski definition) is 4. The predicted octanol–water partition coefficient (Wildman–Crippen LogP) is 2.64. The van der Waals surface area contributed by atoms with E-state index in [-0.39, 0.29) is 19.0 Å². The lowest BCUT2D eigenvalue weighted by atomic mass is 10.2. The number of rotatable bonds is 4. The van der Waals surface area contributed by atoms with E-state index in [9.17, 15) is 0 Å². The van der Waals surface area contributed by atoms with Crippen LogP contribution >= 0.6 is 23.7 Å². The molecule has 0 amide bonds. The van der Waals surface area contributed by atoms with E-state index in [1.807, 2.05) is 35.7 Å². The number of aromatic nitrogens is 1. The molecule has 0 fully saturated rings. The van der Waals surface area contributed by atoms with E-state index in [0.29, 0.717) is 6.54 Å². The first-order valence-electron chi connectivity index (χ1n) is 4.76. The summed E-state index contributed by atoms with van der Waals surface area (Å²) in [6.45, 7) is 0.669. The van der Waals surface area contributed by atoms with Crippen molar-refractivity contribution >= 4 is 28.9 Å². The van der Waals surface area contributed by atoms with Crippen LogP contribution in [0.25, 0.3) is 11.3 Å². The monoisotopic (exact) mass is 256 g/mol. The van der Waals surface area contributed by atoms with Crippen LogP contribution in [0.1, 0.15) is 0 Å². The maximum absolute atomic E-state index is 8.67. The molecule has 2 rings (SSSR count). The Morgan fingerprint density at radius 3 is 2.69 bits per heavy atom. The molecule has 0 radical (unpaired) electrons. The zero-order chi connectivity index (χ0) is 10.5. The molecule has 0 saturated carbocycles. The zero-order valence-electron chi connectivity index (χ0n) is 8.59. The Kier molecular flexibility index (Phi) is 5.25. The van der Waals surface area contributed by atoms with Crippen LogP contribution in [0.3, 0.4) is 0 Å². The lowest BCUT2D eigenvalue weighted by Gasteiger charge is -1.97. The van der Waals surface area contributed by atoms with E-state index in [0.717, 1.165) is 16.4 Å². The summed E-state index contributed by atoms with van der Waals surface area (Å²) >= 11 is 1.55. The van der Waals surface area contributed by atoms with Crippen LogP contribution in [-0.4, -0.2) is 23.2 Å². The molecule has 2 N–H and O–H groups in total. The Hall–Kier alpha value is -1.10. The van der Waals surface area contributed by atoms with Gasteiger partial charge < -0.3 is 10.4 Å². The van der Waals surface area contributed by atoms with Crippen LogP contribution in [0.4, 0.5) is 5.13 Å². The number of hydrogen-bond donors (Lipinski definition) is 2. The molecule has 2 aromatic rings. The van der Waals surface area contributed by atoms with Crippen LogP contribution in [0, 0.1) is 0 Å². The molecule has 3 nitrogen and oxygen atoms in total. The standard InChI is InChI=1S/C11H12N2OS.ClH/c14-7-6-12-11-13-10(8-15-11)9-4-2-1-3-5-9;/h1-5,8,14H,6-7H2,(H,12,13);1H. The molecule has 0 unspecified atom stereocenters. The molecule has 1 aromatic carbocycles. The fourth-order valence-corrected chi connectivity index (χ4v) is 2.01. The van der Waals surface area contributed by atoms with Gasteiger partial charge in [0.25, 0.3) is 0 Å². The smallest absolute Gasteiger partial charge is 0.183 e. The molecule has 0 atom stereocenters. The molecule has 5 heteroatoms. The highest BCUT2D eigenvalue weighted by molar-refractivity contribution is 7.14. The minimum absolute atomic E-state index is 0. The number of aliphatic hydroxyl groups is 1. The van der Waals surface area contributed by atoms with Gasteiger partial charge in [-0.05, 0) is 0 Å². The normalized spacial score (nSPS) is 9.56. The summed E-state index contributed by atoms with van der Waals surface area (Å²) in [5.41, 5.74) is 2.09. The first kappa shape index (κ1) is 13.0. The van der Waals surface area contributed by atoms with Gasteiger partial charge in [0.2, 0.25) is 0 Å². The van der Waals surface area contributed by atoms with E-state index in [1.54, 1.807) is 11.3 Å². The molecule has 0 saturated heterocycles. The van der Waals surface area contributed by atoms with Crippen molar-refractivity contribution in [3.63, 3.8) is 0 Å². The number of anilines is 1. The second-order valence-corrected chi connectivity index (χ2v) is 3.91. The zero-order valence-corrected chi connectivity index (χ0v) is 10.2. The molecule has 1 heterocycles. The summed E-state index contributed by atoms with van der Waals surface area (Å²) in [5.74, 6) is 0. The highest BCUT2D eigenvalue weighted by atomic mass is 35.5. The highest BCUT2D eigenvalue weighted by Gasteiger charge is 2.02. The van der Waals surface area contributed by atoms with Gasteiger partial charge >= 0.3 is 0 Å². The van der Waals surface area contributed by atoms with Crippen LogP contribution in [0.2, 0.25) is 0 Å². The van der Waals surface area contributed by atoms with Gasteiger partial charge in [0.1, 0.15) is 0 Å². The minimum Gasteiger partial charge on any atom is -0.395 e. The van der Waals surface area contributed by atoms with Crippen molar-refractivity contribution < 1.29 is 5.11 Å². The SMILES string of the molecule is Cl.OCCNc1nc(-c2ccccc2)cs1. The molecule has 0 bridgehead atoms. The van der Waals surface area contributed by atoms with Gasteiger partial charge in [0.15, 0.2) is 5.13 Å². The predicted molar refractivity (Wildman–Crippen MR) is 70.4 cm³/mol. The number of thiazole rings is 1. The summed E-state index contributed by atoms with van der Waals surface area (Å²) in [6, 6.07) is 10.0. The van der Waals surface area contributed by atoms with Gasteiger partial charge in [-0.2, -0.15) is 0 Å². The van der Waals surface area contributed by atoms with Crippen LogP contribution in [-0.2, 0) is 0 Å². The van der Waals surface area contributed by atoms with E-state index in [2.05, 4.69) is 10.3 Å². The summed E-state index contributed by atoms with van der Waals surface area (Å²) in [7, 11) is 0. The third kappa shape index (κ3) is 3.20. The van der Waals surface area contributed by atoms with Crippen molar-refractivity contribution in [1.29, 1.82) is 0 Å². The number of benzene rings is 1. The van der Waals surface area contributed by atoms with Crippen molar-refractivity contribution in [2.24, 2.45) is 0 Å². The van der Waals surface area contributed by atoms with Gasteiger partial charge in [-0.25, -0.2) is 4.98 Å². The largest absolute Gasteiger partial charge is 0.395 e. The first-order chi connectivity index (χ1) is 7.40. The Morgan fingerprint density at radius 2 is 2.00 bits per heavy atom. The van der Waals surface area contributed by atoms with E-state index < -0.39 is 0 Å². The van der Waals surface area contributed by atoms with E-state index in [4.69, 9.17) is 5.11 Å². The molecule has 0 aliphatic heterocycles. The average molecular weight is 257 g/mol. The molecular weight excluding hydrogens is 244 g/mol. The molecule has 0 aliphatic rings. The Balaban J connectivity index is 0.00000128. The van der Waals surface area contributed by atoms with Gasteiger partial charge in [0, 0.05) is 17.5 Å². The topological polar surface area (TPSA) is 45.1 Å². The summed E-state index contributed by atoms with van der Waals surface area (Å²) in [4.78, 5) is 4.41. The third-order valence-corrected chi connectivity index (χ3v) is 2.76. The Labute approximate surface area is 105 Å². The minimum atomic E-state index is 0. The van der Waals surface area contributed by atoms with Gasteiger partial charge in [0.05, 0.1) is 12.3 Å². The number of aliphatic hydroxyl groups excluding tert-OH is 1. The Bertz CT molecular complexity index is 419. The van der Waals surface area contributed by atoms with Crippen LogP contribution in [0.5, 0.6) is 0 Å². The first-order valence-corrected chi connectivity index (χ1v) is 5.64. The summed E-state index contributed by atoms with van der Waals surface area (Å²) in [5, 5.41) is 14.6. The second-order valence-electron chi connectivity index (χ2n) is 3.05. The highest BCUT2D eigenvalue weighted by Crippen LogP contribution is 2.24. The Morgan fingerprint density at radius 1 is 1.25 bits per heavy atom. The maximum atomic E-state index is 8.67. The van der Waals surface area contributed by atoms with E-state index in [1.165, 1.54) is 0 Å². The number of nitrogens with one attached hydrogen (secondary N) is 1. The van der Waals surface area contributed by atoms with Crippen molar-refractivity contribution in [2.45, 2.75) is 0 Å². The summed E-state index contributed by atoms with van der Waals surface area (Å²) in [6.07, 6.45) is 0.